The number of fused-ring (bicyclic) bond motifs is 3. The summed E-state index contributed by atoms with van der Waals surface area (Å²) in [5.74, 6) is 0.706. The minimum atomic E-state index is -0.194. The number of hydrogen-bond acceptors (Lipinski definition) is 3. The van der Waals surface area contributed by atoms with Gasteiger partial charge in [-0.1, -0.05) is 34.1 Å². The number of aryl methyl sites for hydroxylation is 1. The maximum atomic E-state index is 12.2. The number of halogens is 1. The van der Waals surface area contributed by atoms with Crippen molar-refractivity contribution in [3.05, 3.63) is 74.0 Å². The van der Waals surface area contributed by atoms with Crippen LogP contribution < -0.4 is 10.4 Å². The largest absolute Gasteiger partial charge is 0.489 e. The standard InChI is InChI=1S/C20H17BrO3/c21-18-8-4-1-5-13(18)12-23-14-9-10-16-15-6-2-3-7-17(15)20(22)24-19(16)11-14/h1,4-5,8-11H,2-3,6-7,12H2. The molecule has 0 spiro atoms. The van der Waals surface area contributed by atoms with Crippen LogP contribution in [0.15, 0.2) is 56.1 Å². The highest BCUT2D eigenvalue weighted by Gasteiger charge is 2.18. The third-order valence-electron chi connectivity index (χ3n) is 4.55. The molecular weight excluding hydrogens is 368 g/mol. The zero-order valence-electron chi connectivity index (χ0n) is 13.2. The van der Waals surface area contributed by atoms with Crippen molar-refractivity contribution < 1.29 is 9.15 Å². The average Bonchev–Trinajstić information content (AvgIpc) is 2.61. The zero-order chi connectivity index (χ0) is 16.5. The lowest BCUT2D eigenvalue weighted by Gasteiger charge is -2.16. The van der Waals surface area contributed by atoms with E-state index in [1.165, 1.54) is 0 Å². The first kappa shape index (κ1) is 15.5. The Kier molecular flexibility index (Phi) is 4.15. The van der Waals surface area contributed by atoms with Crippen LogP contribution in [-0.4, -0.2) is 0 Å². The molecule has 0 unspecified atom stereocenters. The Hall–Kier alpha value is -2.07. The van der Waals surface area contributed by atoms with Gasteiger partial charge in [0.1, 0.15) is 17.9 Å². The molecular formula is C20H17BrO3. The molecule has 0 N–H and O–H groups in total. The molecule has 0 bridgehead atoms. The molecule has 122 valence electrons. The third kappa shape index (κ3) is 2.86. The monoisotopic (exact) mass is 384 g/mol. The first-order chi connectivity index (χ1) is 11.7. The van der Waals surface area contributed by atoms with Crippen LogP contribution in [0.3, 0.4) is 0 Å². The minimum Gasteiger partial charge on any atom is -0.489 e. The van der Waals surface area contributed by atoms with Crippen LogP contribution in [0.2, 0.25) is 0 Å². The Morgan fingerprint density at radius 2 is 1.83 bits per heavy atom. The minimum absolute atomic E-state index is 0.194. The summed E-state index contributed by atoms with van der Waals surface area (Å²) in [6.07, 6.45) is 3.98. The Morgan fingerprint density at radius 1 is 1.04 bits per heavy atom. The molecule has 0 fully saturated rings. The van der Waals surface area contributed by atoms with Gasteiger partial charge >= 0.3 is 5.63 Å². The second kappa shape index (κ2) is 6.44. The fraction of sp³-hybridized carbons (Fsp3) is 0.250. The van der Waals surface area contributed by atoms with E-state index in [0.29, 0.717) is 17.9 Å². The molecule has 3 nitrogen and oxygen atoms in total. The summed E-state index contributed by atoms with van der Waals surface area (Å²) < 4.78 is 12.4. The Labute approximate surface area is 148 Å². The van der Waals surface area contributed by atoms with Gasteiger partial charge in [-0.05, 0) is 49.4 Å². The van der Waals surface area contributed by atoms with Gasteiger partial charge in [0.25, 0.3) is 0 Å². The lowest BCUT2D eigenvalue weighted by Crippen LogP contribution is -2.15. The first-order valence-electron chi connectivity index (χ1n) is 8.17. The van der Waals surface area contributed by atoms with Crippen LogP contribution in [0.1, 0.15) is 29.5 Å². The van der Waals surface area contributed by atoms with E-state index in [4.69, 9.17) is 9.15 Å². The molecule has 0 radical (unpaired) electrons. The Bertz CT molecular complexity index is 959. The van der Waals surface area contributed by atoms with Crippen molar-refractivity contribution in [2.45, 2.75) is 32.3 Å². The van der Waals surface area contributed by atoms with Gasteiger partial charge in [0.15, 0.2) is 0 Å². The van der Waals surface area contributed by atoms with E-state index in [1.807, 2.05) is 42.5 Å². The van der Waals surface area contributed by atoms with E-state index in [9.17, 15) is 4.79 Å². The van der Waals surface area contributed by atoms with E-state index < -0.39 is 0 Å². The lowest BCUT2D eigenvalue weighted by molar-refractivity contribution is 0.305. The van der Waals surface area contributed by atoms with Gasteiger partial charge in [-0.25, -0.2) is 4.79 Å². The molecule has 1 aliphatic rings. The molecule has 3 aromatic rings. The molecule has 2 aromatic carbocycles. The van der Waals surface area contributed by atoms with Crippen molar-refractivity contribution >= 4 is 26.9 Å². The second-order valence-corrected chi connectivity index (χ2v) is 6.95. The zero-order valence-corrected chi connectivity index (χ0v) is 14.8. The van der Waals surface area contributed by atoms with Gasteiger partial charge in [0, 0.05) is 27.1 Å². The van der Waals surface area contributed by atoms with Crippen LogP contribution in [0.4, 0.5) is 0 Å². The highest BCUT2D eigenvalue weighted by atomic mass is 79.9. The van der Waals surface area contributed by atoms with Crippen molar-refractivity contribution in [1.29, 1.82) is 0 Å². The maximum absolute atomic E-state index is 12.2. The normalized spacial score (nSPS) is 13.7. The average molecular weight is 385 g/mol. The van der Waals surface area contributed by atoms with E-state index in [1.54, 1.807) is 0 Å². The van der Waals surface area contributed by atoms with Crippen molar-refractivity contribution in [1.82, 2.24) is 0 Å². The Morgan fingerprint density at radius 3 is 2.67 bits per heavy atom. The van der Waals surface area contributed by atoms with Crippen molar-refractivity contribution in [3.63, 3.8) is 0 Å². The lowest BCUT2D eigenvalue weighted by atomic mass is 9.91. The molecule has 1 heterocycles. The van der Waals surface area contributed by atoms with E-state index in [-0.39, 0.29) is 5.63 Å². The smallest absolute Gasteiger partial charge is 0.339 e. The molecule has 1 aliphatic carbocycles. The SMILES string of the molecule is O=c1oc2cc(OCc3ccccc3Br)ccc2c2c1CCCC2. The predicted octanol–water partition coefficient (Wildman–Crippen LogP) is 5.01. The van der Waals surface area contributed by atoms with Gasteiger partial charge in [-0.3, -0.25) is 0 Å². The summed E-state index contributed by atoms with van der Waals surface area (Å²) >= 11 is 3.52. The van der Waals surface area contributed by atoms with Crippen molar-refractivity contribution in [2.24, 2.45) is 0 Å². The summed E-state index contributed by atoms with van der Waals surface area (Å²) in [5, 5.41) is 1.04. The molecule has 0 amide bonds. The highest BCUT2D eigenvalue weighted by Crippen LogP contribution is 2.29. The van der Waals surface area contributed by atoms with Crippen LogP contribution in [0.5, 0.6) is 5.75 Å². The molecule has 0 saturated heterocycles. The number of ether oxygens (including phenoxy) is 1. The van der Waals surface area contributed by atoms with Crippen LogP contribution in [0.25, 0.3) is 11.0 Å². The predicted molar refractivity (Wildman–Crippen MR) is 97.6 cm³/mol. The van der Waals surface area contributed by atoms with Crippen LogP contribution in [-0.2, 0) is 19.4 Å². The van der Waals surface area contributed by atoms with E-state index in [2.05, 4.69) is 15.9 Å². The van der Waals surface area contributed by atoms with Gasteiger partial charge in [-0.15, -0.1) is 0 Å². The molecule has 0 atom stereocenters. The van der Waals surface area contributed by atoms with Crippen LogP contribution in [0, 0.1) is 0 Å². The maximum Gasteiger partial charge on any atom is 0.339 e. The van der Waals surface area contributed by atoms with Gasteiger partial charge < -0.3 is 9.15 Å². The topological polar surface area (TPSA) is 39.4 Å². The quantitative estimate of drug-likeness (QED) is 0.595. The van der Waals surface area contributed by atoms with Gasteiger partial charge in [0.05, 0.1) is 0 Å². The summed E-state index contributed by atoms with van der Waals surface area (Å²) in [7, 11) is 0. The third-order valence-corrected chi connectivity index (χ3v) is 5.32. The van der Waals surface area contributed by atoms with Gasteiger partial charge in [0.2, 0.25) is 0 Å². The first-order valence-corrected chi connectivity index (χ1v) is 8.96. The highest BCUT2D eigenvalue weighted by molar-refractivity contribution is 9.10. The molecule has 4 heteroatoms. The Balaban J connectivity index is 1.66. The van der Waals surface area contributed by atoms with Crippen molar-refractivity contribution in [3.8, 4) is 5.75 Å². The molecule has 1 aromatic heterocycles. The second-order valence-electron chi connectivity index (χ2n) is 6.09. The van der Waals surface area contributed by atoms with E-state index >= 15 is 0 Å². The van der Waals surface area contributed by atoms with Gasteiger partial charge in [-0.2, -0.15) is 0 Å². The number of hydrogen-bond donors (Lipinski definition) is 0. The molecule has 0 aliphatic heterocycles. The molecule has 24 heavy (non-hydrogen) atoms. The number of rotatable bonds is 3. The van der Waals surface area contributed by atoms with E-state index in [0.717, 1.165) is 52.2 Å². The summed E-state index contributed by atoms with van der Waals surface area (Å²) in [4.78, 5) is 12.2. The number of benzene rings is 2. The summed E-state index contributed by atoms with van der Waals surface area (Å²) in [6, 6.07) is 13.7. The summed E-state index contributed by atoms with van der Waals surface area (Å²) in [6.45, 7) is 0.460. The fourth-order valence-corrected chi connectivity index (χ4v) is 3.69. The van der Waals surface area contributed by atoms with Crippen LogP contribution >= 0.6 is 15.9 Å². The molecule has 0 saturated carbocycles. The van der Waals surface area contributed by atoms with Crippen molar-refractivity contribution in [2.75, 3.05) is 0 Å². The fourth-order valence-electron chi connectivity index (χ4n) is 3.29. The molecule has 4 rings (SSSR count). The summed E-state index contributed by atoms with van der Waals surface area (Å²) in [5.41, 5.74) is 3.51.